The highest BCUT2D eigenvalue weighted by Gasteiger charge is 2.34. The lowest BCUT2D eigenvalue weighted by atomic mass is 10.1. The van der Waals surface area contributed by atoms with Gasteiger partial charge in [0.05, 0.1) is 36.1 Å². The van der Waals surface area contributed by atoms with Crippen LogP contribution in [0.2, 0.25) is 0 Å². The zero-order valence-corrected chi connectivity index (χ0v) is 29.0. The van der Waals surface area contributed by atoms with Crippen molar-refractivity contribution in [3.63, 3.8) is 0 Å². The Kier molecular flexibility index (Phi) is 9.11. The average molecular weight is 693 g/mol. The van der Waals surface area contributed by atoms with Crippen molar-refractivity contribution in [3.8, 4) is 22.8 Å². The van der Waals surface area contributed by atoms with E-state index >= 15 is 0 Å². The lowest BCUT2D eigenvalue weighted by molar-refractivity contribution is -0.136. The minimum absolute atomic E-state index is 0.0411. The van der Waals surface area contributed by atoms with Gasteiger partial charge < -0.3 is 24.5 Å². The maximum atomic E-state index is 13.5. The zero-order chi connectivity index (χ0) is 35.6. The first-order valence-electron chi connectivity index (χ1n) is 17.9. The molecule has 262 valence electrons. The topological polar surface area (TPSA) is 124 Å². The number of aryl methyl sites for hydroxylation is 1. The molecule has 4 heterocycles. The van der Waals surface area contributed by atoms with Gasteiger partial charge in [-0.1, -0.05) is 66.7 Å². The number of aromatic nitrogens is 3. The molecule has 10 heteroatoms. The first-order valence-corrected chi connectivity index (χ1v) is 17.9. The van der Waals surface area contributed by atoms with E-state index in [0.717, 1.165) is 70.5 Å². The Bertz CT molecular complexity index is 2240. The van der Waals surface area contributed by atoms with Crippen LogP contribution in [-0.2, 0) is 27.2 Å². The lowest BCUT2D eigenvalue weighted by Gasteiger charge is -2.24. The van der Waals surface area contributed by atoms with E-state index in [-0.39, 0.29) is 30.2 Å². The predicted octanol–water partition coefficient (Wildman–Crippen LogP) is 7.27. The molecule has 3 amide bonds. The summed E-state index contributed by atoms with van der Waals surface area (Å²) in [6, 6.07) is 30.5. The van der Waals surface area contributed by atoms with Crippen molar-refractivity contribution in [2.24, 2.45) is 0 Å². The number of carbonyl (C=O) groups excluding carboxylic acids is 3. The SMILES string of the molecule is Cc1ccc(-c2ncc(-c3ccc4nc([C@@H]5CCCN5C(=O)Cc5ccccc5)[nH]c4c3)o2)cc1NC(=O)[C@@H]1CCCN1C(=O)Cc1ccccc1. The molecule has 0 saturated carbocycles. The molecule has 2 aliphatic heterocycles. The predicted molar refractivity (Wildman–Crippen MR) is 199 cm³/mol. The van der Waals surface area contributed by atoms with Gasteiger partial charge in [-0.15, -0.1) is 0 Å². The Hall–Kier alpha value is -6.03. The van der Waals surface area contributed by atoms with Crippen LogP contribution in [0.1, 0.15) is 54.2 Å². The van der Waals surface area contributed by atoms with Crippen LogP contribution in [0, 0.1) is 6.92 Å². The summed E-state index contributed by atoms with van der Waals surface area (Å²) in [5, 5.41) is 3.08. The van der Waals surface area contributed by atoms with E-state index in [0.29, 0.717) is 36.7 Å². The van der Waals surface area contributed by atoms with E-state index in [1.165, 1.54) is 0 Å². The van der Waals surface area contributed by atoms with Crippen LogP contribution in [0.4, 0.5) is 5.69 Å². The Balaban J connectivity index is 0.959. The van der Waals surface area contributed by atoms with Crippen LogP contribution in [0.5, 0.6) is 0 Å². The maximum Gasteiger partial charge on any atom is 0.247 e. The molecule has 52 heavy (non-hydrogen) atoms. The number of nitrogens with zero attached hydrogens (tertiary/aromatic N) is 4. The van der Waals surface area contributed by atoms with E-state index in [9.17, 15) is 14.4 Å². The second-order valence-electron chi connectivity index (χ2n) is 13.7. The number of amides is 3. The van der Waals surface area contributed by atoms with Crippen LogP contribution < -0.4 is 5.32 Å². The van der Waals surface area contributed by atoms with Crippen molar-refractivity contribution in [1.29, 1.82) is 0 Å². The van der Waals surface area contributed by atoms with Crippen molar-refractivity contribution in [1.82, 2.24) is 24.8 Å². The molecule has 0 unspecified atom stereocenters. The molecule has 2 fully saturated rings. The van der Waals surface area contributed by atoms with E-state index in [1.54, 1.807) is 11.1 Å². The van der Waals surface area contributed by atoms with Gasteiger partial charge >= 0.3 is 0 Å². The van der Waals surface area contributed by atoms with Gasteiger partial charge in [0.1, 0.15) is 11.9 Å². The monoisotopic (exact) mass is 692 g/mol. The fourth-order valence-corrected chi connectivity index (χ4v) is 7.42. The third-order valence-electron chi connectivity index (χ3n) is 10.2. The molecular weight excluding hydrogens is 653 g/mol. The molecule has 0 bridgehead atoms. The number of benzene rings is 4. The summed E-state index contributed by atoms with van der Waals surface area (Å²) in [6.45, 7) is 3.23. The summed E-state index contributed by atoms with van der Waals surface area (Å²) >= 11 is 0. The molecule has 2 aliphatic rings. The van der Waals surface area contributed by atoms with Crippen LogP contribution >= 0.6 is 0 Å². The minimum Gasteiger partial charge on any atom is -0.436 e. The largest absolute Gasteiger partial charge is 0.436 e. The van der Waals surface area contributed by atoms with Gasteiger partial charge in [-0.3, -0.25) is 14.4 Å². The van der Waals surface area contributed by atoms with E-state index in [4.69, 9.17) is 9.40 Å². The van der Waals surface area contributed by atoms with Gasteiger partial charge in [-0.05, 0) is 79.6 Å². The number of rotatable bonds is 9. The Morgan fingerprint density at radius 3 is 2.23 bits per heavy atom. The fourth-order valence-electron chi connectivity index (χ4n) is 7.42. The number of carbonyl (C=O) groups is 3. The molecule has 0 spiro atoms. The number of aromatic amines is 1. The number of imidazole rings is 1. The minimum atomic E-state index is -0.517. The second kappa shape index (κ2) is 14.3. The number of likely N-dealkylation sites (tertiary alicyclic amines) is 2. The fraction of sp³-hybridized carbons (Fsp3) is 0.262. The van der Waals surface area contributed by atoms with E-state index in [1.807, 2.05) is 109 Å². The number of oxazole rings is 1. The van der Waals surface area contributed by atoms with Gasteiger partial charge in [-0.2, -0.15) is 0 Å². The van der Waals surface area contributed by atoms with E-state index in [2.05, 4.69) is 15.3 Å². The van der Waals surface area contributed by atoms with Gasteiger partial charge in [-0.25, -0.2) is 9.97 Å². The quantitative estimate of drug-likeness (QED) is 0.164. The number of hydrogen-bond acceptors (Lipinski definition) is 6. The second-order valence-corrected chi connectivity index (χ2v) is 13.7. The van der Waals surface area contributed by atoms with Crippen molar-refractivity contribution in [2.45, 2.75) is 57.5 Å². The van der Waals surface area contributed by atoms with Gasteiger partial charge in [0.25, 0.3) is 0 Å². The van der Waals surface area contributed by atoms with Crippen LogP contribution in [0.3, 0.4) is 0 Å². The van der Waals surface area contributed by atoms with Crippen molar-refractivity contribution in [2.75, 3.05) is 18.4 Å². The standard InChI is InChI=1S/C42H40N6O4/c1-27-16-17-31(25-33(27)46-41(51)36-15-9-21-48(36)39(50)23-29-12-6-3-7-13-29)42-43-26-37(52-42)30-18-19-32-34(24-30)45-40(44-32)35-14-8-20-47(35)38(49)22-28-10-4-2-5-11-28/h2-7,10-13,16-19,24-26,35-36H,8-9,14-15,20-23H2,1H3,(H,44,45)(H,46,51)/t35-,36-/m0/s1. The van der Waals surface area contributed by atoms with Crippen LogP contribution in [0.15, 0.2) is 108 Å². The van der Waals surface area contributed by atoms with Crippen molar-refractivity contribution < 1.29 is 18.8 Å². The number of anilines is 1. The molecule has 10 nitrogen and oxygen atoms in total. The molecule has 0 aliphatic carbocycles. The van der Waals surface area contributed by atoms with Gasteiger partial charge in [0.2, 0.25) is 23.6 Å². The molecule has 0 radical (unpaired) electrons. The average Bonchev–Trinajstić information content (AvgIpc) is 3.99. The van der Waals surface area contributed by atoms with Crippen molar-refractivity contribution >= 4 is 34.4 Å². The third kappa shape index (κ3) is 6.84. The summed E-state index contributed by atoms with van der Waals surface area (Å²) in [5.74, 6) is 1.69. The number of H-pyrrole nitrogens is 1. The van der Waals surface area contributed by atoms with E-state index < -0.39 is 6.04 Å². The molecule has 2 N–H and O–H groups in total. The van der Waals surface area contributed by atoms with Crippen LogP contribution in [0.25, 0.3) is 33.8 Å². The molecule has 2 atom stereocenters. The number of fused-ring (bicyclic) bond motifs is 1. The molecule has 2 saturated heterocycles. The molecule has 2 aromatic heterocycles. The summed E-state index contributed by atoms with van der Waals surface area (Å²) in [7, 11) is 0. The summed E-state index contributed by atoms with van der Waals surface area (Å²) in [4.78, 5) is 56.5. The normalized spacial score (nSPS) is 17.2. The number of hydrogen-bond donors (Lipinski definition) is 2. The Morgan fingerprint density at radius 1 is 0.808 bits per heavy atom. The highest BCUT2D eigenvalue weighted by molar-refractivity contribution is 5.98. The Labute approximate surface area is 301 Å². The molecule has 8 rings (SSSR count). The first-order chi connectivity index (χ1) is 25.4. The summed E-state index contributed by atoms with van der Waals surface area (Å²) in [5.41, 5.74) is 6.73. The number of nitrogens with one attached hydrogen (secondary N) is 2. The van der Waals surface area contributed by atoms with Gasteiger partial charge in [0.15, 0.2) is 5.76 Å². The summed E-state index contributed by atoms with van der Waals surface area (Å²) in [6.07, 6.45) is 5.56. The molecular formula is C42H40N6O4. The van der Waals surface area contributed by atoms with Crippen molar-refractivity contribution in [3.05, 3.63) is 126 Å². The summed E-state index contributed by atoms with van der Waals surface area (Å²) < 4.78 is 6.26. The third-order valence-corrected chi connectivity index (χ3v) is 10.2. The molecule has 4 aromatic carbocycles. The molecule has 6 aromatic rings. The highest BCUT2D eigenvalue weighted by Crippen LogP contribution is 2.34. The lowest BCUT2D eigenvalue weighted by Crippen LogP contribution is -2.43. The highest BCUT2D eigenvalue weighted by atomic mass is 16.4. The van der Waals surface area contributed by atoms with Crippen LogP contribution in [-0.4, -0.2) is 61.6 Å². The smallest absolute Gasteiger partial charge is 0.247 e. The first kappa shape index (κ1) is 33.1. The van der Waals surface area contributed by atoms with Gasteiger partial charge in [0, 0.05) is 29.9 Å². The maximum absolute atomic E-state index is 13.5. The Morgan fingerprint density at radius 2 is 1.48 bits per heavy atom. The zero-order valence-electron chi connectivity index (χ0n) is 29.0.